The van der Waals surface area contributed by atoms with E-state index in [-0.39, 0.29) is 0 Å². The number of nitrogens with zero attached hydrogens (tertiary/aromatic N) is 1. The Hall–Kier alpha value is -0.510. The molecule has 0 heterocycles. The minimum absolute atomic E-state index is 0.603. The number of hydrogen-bond acceptors (Lipinski definition) is 1. The molecule has 0 aromatic rings. The van der Waals surface area contributed by atoms with Crippen molar-refractivity contribution < 1.29 is 0 Å². The summed E-state index contributed by atoms with van der Waals surface area (Å²) in [5, 5.41) is 8.47. The lowest BCUT2D eigenvalue weighted by molar-refractivity contribution is 0.453. The van der Waals surface area contributed by atoms with Crippen LogP contribution >= 0.6 is 0 Å². The predicted octanol–water partition coefficient (Wildman–Crippen LogP) is 3.36. The third kappa shape index (κ3) is 2.52. The van der Waals surface area contributed by atoms with E-state index in [4.69, 9.17) is 5.26 Å². The lowest BCUT2D eigenvalue weighted by atomic mass is 9.98. The quantitative estimate of drug-likeness (QED) is 0.626. The maximum absolute atomic E-state index is 8.47. The summed E-state index contributed by atoms with van der Waals surface area (Å²) in [4.78, 5) is 0. The van der Waals surface area contributed by atoms with E-state index in [0.29, 0.717) is 11.3 Å². The third-order valence-electron chi connectivity index (χ3n) is 3.17. The van der Waals surface area contributed by atoms with Gasteiger partial charge in [-0.15, -0.1) is 0 Å². The normalized spacial score (nSPS) is 27.7. The van der Waals surface area contributed by atoms with Crippen LogP contribution in [-0.2, 0) is 0 Å². The molecule has 12 heavy (non-hydrogen) atoms. The van der Waals surface area contributed by atoms with Crippen LogP contribution in [0.3, 0.4) is 0 Å². The van der Waals surface area contributed by atoms with E-state index in [1.54, 1.807) is 0 Å². The highest BCUT2D eigenvalue weighted by atomic mass is 14.5. The molecule has 2 unspecified atom stereocenters. The van der Waals surface area contributed by atoms with Gasteiger partial charge in [-0.05, 0) is 36.5 Å². The van der Waals surface area contributed by atoms with Crippen LogP contribution in [0.1, 0.15) is 46.5 Å². The summed E-state index contributed by atoms with van der Waals surface area (Å²) in [6, 6.07) is 2.23. The van der Waals surface area contributed by atoms with Crippen LogP contribution in [0, 0.1) is 28.6 Å². The molecule has 0 aliphatic heterocycles. The van der Waals surface area contributed by atoms with Crippen LogP contribution in [0.2, 0.25) is 0 Å². The van der Waals surface area contributed by atoms with Crippen molar-refractivity contribution in [2.45, 2.75) is 46.5 Å². The number of hydrogen-bond donors (Lipinski definition) is 0. The van der Waals surface area contributed by atoms with Gasteiger partial charge >= 0.3 is 0 Å². The van der Waals surface area contributed by atoms with Gasteiger partial charge in [-0.2, -0.15) is 5.26 Å². The van der Waals surface area contributed by atoms with Crippen molar-refractivity contribution in [1.82, 2.24) is 0 Å². The lowest BCUT2D eigenvalue weighted by Gasteiger charge is -2.07. The minimum atomic E-state index is 0.603. The molecule has 1 fully saturated rings. The first kappa shape index (κ1) is 9.58. The second-order valence-corrected chi connectivity index (χ2v) is 4.93. The van der Waals surface area contributed by atoms with E-state index < -0.39 is 0 Å². The van der Waals surface area contributed by atoms with Crippen LogP contribution in [0.15, 0.2) is 0 Å². The molecule has 1 nitrogen and oxygen atoms in total. The fourth-order valence-electron chi connectivity index (χ4n) is 1.81. The number of nitriles is 1. The van der Waals surface area contributed by atoms with Crippen molar-refractivity contribution in [3.05, 3.63) is 0 Å². The van der Waals surface area contributed by atoms with Crippen molar-refractivity contribution in [2.75, 3.05) is 0 Å². The fourth-order valence-corrected chi connectivity index (χ4v) is 1.81. The molecule has 1 aliphatic rings. The molecular weight excluding hydrogens is 146 g/mol. The Morgan fingerprint density at radius 3 is 2.58 bits per heavy atom. The topological polar surface area (TPSA) is 23.8 Å². The summed E-state index contributed by atoms with van der Waals surface area (Å²) in [6.07, 6.45) is 4.69. The maximum atomic E-state index is 8.47. The lowest BCUT2D eigenvalue weighted by Crippen LogP contribution is -1.96. The van der Waals surface area contributed by atoms with Gasteiger partial charge in [0.15, 0.2) is 0 Å². The van der Waals surface area contributed by atoms with Crippen molar-refractivity contribution in [1.29, 1.82) is 5.26 Å². The van der Waals surface area contributed by atoms with E-state index in [1.807, 2.05) is 0 Å². The van der Waals surface area contributed by atoms with Crippen molar-refractivity contribution in [3.8, 4) is 6.07 Å². The molecule has 1 saturated carbocycles. The molecule has 0 N–H and O–H groups in total. The van der Waals surface area contributed by atoms with Crippen molar-refractivity contribution >= 4 is 0 Å². The van der Waals surface area contributed by atoms with Gasteiger partial charge in [-0.1, -0.05) is 20.8 Å². The summed E-state index contributed by atoms with van der Waals surface area (Å²) in [5.74, 6) is 1.55. The average Bonchev–Trinajstić information content (AvgIpc) is 2.56. The van der Waals surface area contributed by atoms with Crippen LogP contribution in [0.25, 0.3) is 0 Å². The minimum Gasteiger partial charge on any atom is -0.198 e. The summed E-state index contributed by atoms with van der Waals surface area (Å²) in [5.41, 5.74) is 0.617. The van der Waals surface area contributed by atoms with Gasteiger partial charge in [0, 0.05) is 6.42 Å². The first-order valence-corrected chi connectivity index (χ1v) is 4.93. The van der Waals surface area contributed by atoms with Gasteiger partial charge < -0.3 is 0 Å². The molecule has 68 valence electrons. The molecule has 0 spiro atoms. The predicted molar refractivity (Wildman–Crippen MR) is 50.5 cm³/mol. The van der Waals surface area contributed by atoms with Crippen LogP contribution < -0.4 is 0 Å². The molecule has 1 aliphatic carbocycles. The molecule has 0 radical (unpaired) electrons. The Morgan fingerprint density at radius 2 is 2.17 bits per heavy atom. The molecule has 0 saturated heterocycles. The molecule has 0 amide bonds. The molecule has 2 atom stereocenters. The van der Waals surface area contributed by atoms with Gasteiger partial charge in [-0.3, -0.25) is 0 Å². The van der Waals surface area contributed by atoms with Crippen LogP contribution in [0.5, 0.6) is 0 Å². The molecule has 0 bridgehead atoms. The smallest absolute Gasteiger partial charge is 0.0624 e. The zero-order valence-corrected chi connectivity index (χ0v) is 8.43. The largest absolute Gasteiger partial charge is 0.198 e. The van der Waals surface area contributed by atoms with Gasteiger partial charge in [0.2, 0.25) is 0 Å². The van der Waals surface area contributed by atoms with E-state index in [1.165, 1.54) is 19.3 Å². The van der Waals surface area contributed by atoms with Gasteiger partial charge in [0.1, 0.15) is 0 Å². The highest BCUT2D eigenvalue weighted by Gasteiger charge is 2.44. The highest BCUT2D eigenvalue weighted by Crippen LogP contribution is 2.54. The Kier molecular flexibility index (Phi) is 2.77. The molecule has 0 aromatic carbocycles. The average molecular weight is 165 g/mol. The molecule has 1 heteroatoms. The SMILES string of the molecule is CC(CC#N)CCC1CC1(C)C. The van der Waals surface area contributed by atoms with Gasteiger partial charge in [-0.25, -0.2) is 0 Å². The Balaban J connectivity index is 2.08. The van der Waals surface area contributed by atoms with Crippen molar-refractivity contribution in [3.63, 3.8) is 0 Å². The first-order valence-electron chi connectivity index (χ1n) is 4.93. The van der Waals surface area contributed by atoms with Crippen molar-refractivity contribution in [2.24, 2.45) is 17.3 Å². The maximum Gasteiger partial charge on any atom is 0.0624 e. The second-order valence-electron chi connectivity index (χ2n) is 4.93. The molecule has 1 rings (SSSR count). The van der Waals surface area contributed by atoms with Crippen LogP contribution in [-0.4, -0.2) is 0 Å². The van der Waals surface area contributed by atoms with Gasteiger partial charge in [0.05, 0.1) is 6.07 Å². The van der Waals surface area contributed by atoms with Gasteiger partial charge in [0.25, 0.3) is 0 Å². The Morgan fingerprint density at radius 1 is 1.58 bits per heavy atom. The third-order valence-corrected chi connectivity index (χ3v) is 3.17. The molecular formula is C11H19N. The first-order chi connectivity index (χ1) is 5.56. The summed E-state index contributed by atoms with van der Waals surface area (Å²) in [7, 11) is 0. The standard InChI is InChI=1S/C11H19N/c1-9(6-7-12)4-5-10-8-11(10,2)3/h9-10H,4-6,8H2,1-3H3. The van der Waals surface area contributed by atoms with Crippen LogP contribution in [0.4, 0.5) is 0 Å². The second kappa shape index (κ2) is 3.47. The van der Waals surface area contributed by atoms with E-state index in [2.05, 4.69) is 26.8 Å². The summed E-state index contributed by atoms with van der Waals surface area (Å²) in [6.45, 7) is 6.86. The summed E-state index contributed by atoms with van der Waals surface area (Å²) >= 11 is 0. The Bertz CT molecular complexity index is 188. The van der Waals surface area contributed by atoms with E-state index in [0.717, 1.165) is 12.3 Å². The Labute approximate surface area is 75.8 Å². The zero-order valence-electron chi connectivity index (χ0n) is 8.43. The number of rotatable bonds is 4. The summed E-state index contributed by atoms with van der Waals surface area (Å²) < 4.78 is 0. The van der Waals surface area contributed by atoms with E-state index >= 15 is 0 Å². The highest BCUT2D eigenvalue weighted by molar-refractivity contribution is 4.94. The monoisotopic (exact) mass is 165 g/mol. The molecule has 0 aromatic heterocycles. The van der Waals surface area contributed by atoms with E-state index in [9.17, 15) is 0 Å². The zero-order chi connectivity index (χ0) is 9.19. The fraction of sp³-hybridized carbons (Fsp3) is 0.909.